The second-order valence-corrected chi connectivity index (χ2v) is 18.3. The minimum Gasteiger partial charge on any atom is -0.398 e. The van der Waals surface area contributed by atoms with Gasteiger partial charge in [-0.2, -0.15) is 0 Å². The summed E-state index contributed by atoms with van der Waals surface area (Å²) in [5.74, 6) is 0. The van der Waals surface area contributed by atoms with E-state index in [1.807, 2.05) is 78.9 Å². The lowest BCUT2D eigenvalue weighted by Gasteiger charge is -2.07. The van der Waals surface area contributed by atoms with Gasteiger partial charge in [0, 0.05) is 114 Å². The number of nitrogens with zero attached hydrogens (tertiary/aromatic N) is 5. The Morgan fingerprint density at radius 2 is 1.00 bits per heavy atom. The van der Waals surface area contributed by atoms with Gasteiger partial charge in [-0.25, -0.2) is 0 Å². The number of anilines is 1. The van der Waals surface area contributed by atoms with Crippen molar-refractivity contribution in [3.8, 4) is 0 Å². The van der Waals surface area contributed by atoms with Crippen LogP contribution in [0.1, 0.15) is 0 Å². The van der Waals surface area contributed by atoms with Gasteiger partial charge >= 0.3 is 0 Å². The summed E-state index contributed by atoms with van der Waals surface area (Å²) in [5, 5.41) is 15.6. The van der Waals surface area contributed by atoms with Gasteiger partial charge in [0.05, 0.1) is 27.0 Å². The van der Waals surface area contributed by atoms with E-state index in [0.717, 1.165) is 61.5 Å². The first-order valence-corrected chi connectivity index (χ1v) is 23.4. The minimum atomic E-state index is -0.464. The Morgan fingerprint density at radius 3 is 1.59 bits per heavy atom. The molecule has 334 valence electrons. The molecule has 5 heterocycles. The van der Waals surface area contributed by atoms with Crippen LogP contribution in [0.25, 0.3) is 54.5 Å². The highest BCUT2D eigenvalue weighted by Gasteiger charge is 2.15. The Labute approximate surface area is 417 Å². The molecular weight excluding hydrogens is 1170 g/mol. The van der Waals surface area contributed by atoms with Crippen LogP contribution in [0.5, 0.6) is 0 Å². The van der Waals surface area contributed by atoms with Crippen molar-refractivity contribution in [3.05, 3.63) is 220 Å². The molecule has 0 atom stereocenters. The number of aromatic nitrogens is 5. The summed E-state index contributed by atoms with van der Waals surface area (Å²) in [7, 11) is 5.15. The van der Waals surface area contributed by atoms with Gasteiger partial charge in [-0.05, 0) is 117 Å². The average molecular weight is 1210 g/mol. The van der Waals surface area contributed by atoms with Crippen molar-refractivity contribution in [2.45, 2.75) is 0 Å². The van der Waals surface area contributed by atoms with Crippen LogP contribution in [0.4, 0.5) is 11.4 Å². The van der Waals surface area contributed by atoms with E-state index in [4.69, 9.17) is 5.73 Å². The fourth-order valence-electron chi connectivity index (χ4n) is 6.57. The van der Waals surface area contributed by atoms with Gasteiger partial charge in [0.1, 0.15) is 4.47 Å². The van der Waals surface area contributed by atoms with E-state index in [1.54, 1.807) is 72.9 Å². The third-order valence-corrected chi connectivity index (χ3v) is 13.9. The SMILES string of the molecule is Brc1cccc2ncccc12.Cn1c(=O)ccc2c(Br)c(N)ccc21.Cn1c(=O)ccc2c(Br)c([N+](=O)[O-])ccc21.Cn1c(=O)ccc2c(Br)cccc21.O=c1ccc2c(Br)cccc2[nH]1. The quantitative estimate of drug-likeness (QED) is 0.0925. The van der Waals surface area contributed by atoms with Gasteiger partial charge < -0.3 is 24.4 Å². The number of fused-ring (bicyclic) bond motifs is 5. The normalized spacial score (nSPS) is 10.5. The van der Waals surface area contributed by atoms with Crippen molar-refractivity contribution in [2.75, 3.05) is 5.73 Å². The van der Waals surface area contributed by atoms with Crippen molar-refractivity contribution < 1.29 is 4.92 Å². The zero-order chi connectivity index (χ0) is 47.8. The molecule has 5 aromatic heterocycles. The Bertz CT molecular complexity index is 3700. The number of H-pyrrole nitrogens is 1. The minimum absolute atomic E-state index is 0.00820. The lowest BCUT2D eigenvalue weighted by Crippen LogP contribution is -2.15. The number of pyridine rings is 5. The molecule has 10 aromatic rings. The highest BCUT2D eigenvalue weighted by molar-refractivity contribution is 9.11. The summed E-state index contributed by atoms with van der Waals surface area (Å²) in [6.45, 7) is 0. The number of nitrogen functional groups attached to an aromatic ring is 1. The fraction of sp³-hybridized carbons (Fsp3) is 0.0625. The molecule has 0 saturated heterocycles. The monoisotopic (exact) mass is 1200 g/mol. The molecule has 18 heteroatoms. The number of hydrogen-bond donors (Lipinski definition) is 2. The van der Waals surface area contributed by atoms with Crippen LogP contribution in [0.15, 0.2) is 187 Å². The van der Waals surface area contributed by atoms with Crippen molar-refractivity contribution in [2.24, 2.45) is 21.1 Å². The van der Waals surface area contributed by atoms with Gasteiger partial charge in [-0.3, -0.25) is 34.3 Å². The third-order valence-electron chi connectivity index (χ3n) is 10.1. The maximum absolute atomic E-state index is 11.4. The number of nitro groups is 1. The maximum Gasteiger partial charge on any atom is 0.284 e. The number of hydrogen-bond acceptors (Lipinski definition) is 8. The van der Waals surface area contributed by atoms with E-state index in [0.29, 0.717) is 21.1 Å². The second-order valence-electron chi connectivity index (χ2n) is 14.2. The summed E-state index contributed by atoms with van der Waals surface area (Å²) in [6, 6.07) is 41.1. The van der Waals surface area contributed by atoms with Crippen LogP contribution >= 0.6 is 79.6 Å². The molecule has 0 unspecified atom stereocenters. The zero-order valence-corrected chi connectivity index (χ0v) is 42.9. The topological polar surface area (TPSA) is 181 Å². The number of nitrogens with one attached hydrogen (secondary N) is 1. The molecule has 66 heavy (non-hydrogen) atoms. The smallest absolute Gasteiger partial charge is 0.284 e. The first kappa shape index (κ1) is 49.4. The van der Waals surface area contributed by atoms with Crippen molar-refractivity contribution >= 4 is 146 Å². The highest BCUT2D eigenvalue weighted by atomic mass is 79.9. The first-order valence-electron chi connectivity index (χ1n) is 19.5. The molecule has 5 aromatic carbocycles. The summed E-state index contributed by atoms with van der Waals surface area (Å²) in [6.07, 6.45) is 1.80. The van der Waals surface area contributed by atoms with Crippen LogP contribution in [0.3, 0.4) is 0 Å². The lowest BCUT2D eigenvalue weighted by atomic mass is 10.2. The fourth-order valence-corrected chi connectivity index (χ4v) is 9.12. The van der Waals surface area contributed by atoms with Gasteiger partial charge in [0.15, 0.2) is 0 Å². The van der Waals surface area contributed by atoms with Crippen molar-refractivity contribution in [3.63, 3.8) is 0 Å². The Morgan fingerprint density at radius 1 is 0.515 bits per heavy atom. The van der Waals surface area contributed by atoms with Gasteiger partial charge in [-0.15, -0.1) is 0 Å². The number of rotatable bonds is 1. The Kier molecular flexibility index (Phi) is 16.4. The average Bonchev–Trinajstić information content (AvgIpc) is 3.30. The Hall–Kier alpha value is -6.05. The molecular formula is C48H36Br5N7O6. The first-order chi connectivity index (χ1) is 31.5. The molecule has 3 N–H and O–H groups in total. The number of aromatic amines is 1. The van der Waals surface area contributed by atoms with E-state index in [2.05, 4.69) is 89.6 Å². The van der Waals surface area contributed by atoms with E-state index >= 15 is 0 Å². The van der Waals surface area contributed by atoms with Crippen LogP contribution in [-0.4, -0.2) is 28.6 Å². The molecule has 0 aliphatic rings. The number of nitro benzene ring substituents is 1. The highest BCUT2D eigenvalue weighted by Crippen LogP contribution is 2.32. The van der Waals surface area contributed by atoms with Gasteiger partial charge in [-0.1, -0.05) is 72.1 Å². The van der Waals surface area contributed by atoms with Crippen LogP contribution in [-0.2, 0) is 21.1 Å². The van der Waals surface area contributed by atoms with E-state index in [1.165, 1.54) is 28.8 Å². The summed E-state index contributed by atoms with van der Waals surface area (Å²) >= 11 is 16.9. The molecule has 0 saturated carbocycles. The predicted molar refractivity (Wildman–Crippen MR) is 283 cm³/mol. The number of nitrogens with two attached hydrogens (primary N) is 1. The number of aryl methyl sites for hydroxylation is 3. The van der Waals surface area contributed by atoms with Gasteiger partial charge in [0.2, 0.25) is 5.56 Å². The number of benzene rings is 5. The van der Waals surface area contributed by atoms with E-state index < -0.39 is 4.92 Å². The summed E-state index contributed by atoms with van der Waals surface area (Å²) in [5.41, 5.74) is 10.6. The molecule has 0 radical (unpaired) electrons. The van der Waals surface area contributed by atoms with Crippen LogP contribution < -0.4 is 28.0 Å². The summed E-state index contributed by atoms with van der Waals surface area (Å²) in [4.78, 5) is 62.2. The zero-order valence-electron chi connectivity index (χ0n) is 35.0. The standard InChI is InChI=1S/C10H7BrN2O3.C10H9BrN2O.C10H8BrNO.C9H6BrNO.C9H6BrN/c1-12-7-3-4-8(13(15)16)10(11)6(7)2-5-9(12)14;1-13-8-4-3-7(12)10(11)6(8)2-5-9(13)14;1-12-9-4-2-3-8(11)7(9)5-6-10(12)13;10-7-2-1-3-8-6(7)4-5-9(12)11-8;10-8-4-1-5-9-7(8)3-2-6-11-9/h2-5H,1H3;2-5H,12H2,1H3;2-6H,1H3;1-5H,(H,11,12);1-6H. The van der Waals surface area contributed by atoms with E-state index in [9.17, 15) is 29.3 Å². The molecule has 0 amide bonds. The molecule has 0 aliphatic heterocycles. The predicted octanol–water partition coefficient (Wildman–Crippen LogP) is 11.7. The van der Waals surface area contributed by atoms with E-state index in [-0.39, 0.29) is 27.9 Å². The third kappa shape index (κ3) is 11.3. The van der Waals surface area contributed by atoms with Crippen LogP contribution in [0.2, 0.25) is 0 Å². The largest absolute Gasteiger partial charge is 0.398 e. The molecule has 0 aliphatic carbocycles. The maximum atomic E-state index is 11.4. The Balaban J connectivity index is 0.000000137. The lowest BCUT2D eigenvalue weighted by molar-refractivity contribution is -0.385. The molecule has 0 fully saturated rings. The number of halogens is 5. The second kappa shape index (κ2) is 22.0. The van der Waals surface area contributed by atoms with Gasteiger partial charge in [0.25, 0.3) is 22.4 Å². The van der Waals surface area contributed by atoms with Crippen molar-refractivity contribution in [1.82, 2.24) is 23.7 Å². The molecule has 13 nitrogen and oxygen atoms in total. The molecule has 10 rings (SSSR count). The summed E-state index contributed by atoms with van der Waals surface area (Å²) < 4.78 is 9.03. The van der Waals surface area contributed by atoms with Crippen LogP contribution in [0, 0.1) is 10.1 Å². The molecule has 0 spiro atoms. The molecule has 0 bridgehead atoms. The van der Waals surface area contributed by atoms with Crippen molar-refractivity contribution in [1.29, 1.82) is 0 Å².